The number of carbonyl (C=O) groups is 2. The van der Waals surface area contributed by atoms with Crippen LogP contribution in [0.25, 0.3) is 0 Å². The van der Waals surface area contributed by atoms with Crippen molar-refractivity contribution < 1.29 is 27.9 Å². The highest BCUT2D eigenvalue weighted by Gasteiger charge is 2.45. The molecule has 35 heavy (non-hydrogen) atoms. The summed E-state index contributed by atoms with van der Waals surface area (Å²) in [6.07, 6.45) is -7.60. The predicted octanol–water partition coefficient (Wildman–Crippen LogP) is 3.65. The second-order valence-electron chi connectivity index (χ2n) is 8.57. The van der Waals surface area contributed by atoms with Gasteiger partial charge in [-0.2, -0.15) is 13.2 Å². The van der Waals surface area contributed by atoms with Crippen LogP contribution < -0.4 is 16.4 Å². The van der Waals surface area contributed by atoms with Gasteiger partial charge < -0.3 is 21.5 Å². The SMILES string of the molecule is CC(C)[C@H](NC(=O)C(Cc1ccccc1)NC(=O)C(N)Cc1ccc(Cl)c(Cl)c1)[C@H](O)C(F)(F)F. The number of benzene rings is 2. The number of hydrogen-bond acceptors (Lipinski definition) is 4. The van der Waals surface area contributed by atoms with Gasteiger partial charge in [0.1, 0.15) is 6.04 Å². The van der Waals surface area contributed by atoms with E-state index in [1.807, 2.05) is 0 Å². The van der Waals surface area contributed by atoms with E-state index < -0.39 is 48.1 Å². The van der Waals surface area contributed by atoms with Gasteiger partial charge in [0, 0.05) is 6.42 Å². The molecular formula is C24H28Cl2F3N3O3. The van der Waals surface area contributed by atoms with Gasteiger partial charge in [0.05, 0.1) is 22.1 Å². The van der Waals surface area contributed by atoms with Crippen molar-refractivity contribution >= 4 is 35.0 Å². The van der Waals surface area contributed by atoms with E-state index in [0.717, 1.165) is 0 Å². The summed E-state index contributed by atoms with van der Waals surface area (Å²) < 4.78 is 39.4. The number of rotatable bonds is 10. The number of aliphatic hydroxyl groups is 1. The normalized spacial score (nSPS) is 15.3. The van der Waals surface area contributed by atoms with Crippen LogP contribution in [0.15, 0.2) is 48.5 Å². The smallest absolute Gasteiger partial charge is 0.382 e. The second kappa shape index (κ2) is 12.6. The number of halogens is 5. The Morgan fingerprint density at radius 3 is 2.11 bits per heavy atom. The molecule has 0 saturated heterocycles. The van der Waals surface area contributed by atoms with Crippen molar-refractivity contribution in [3.63, 3.8) is 0 Å². The van der Waals surface area contributed by atoms with E-state index in [9.17, 15) is 27.9 Å². The first-order valence-corrected chi connectivity index (χ1v) is 11.6. The van der Waals surface area contributed by atoms with Crippen LogP contribution in [0.3, 0.4) is 0 Å². The summed E-state index contributed by atoms with van der Waals surface area (Å²) in [7, 11) is 0. The van der Waals surface area contributed by atoms with Crippen LogP contribution in [-0.2, 0) is 22.4 Å². The average Bonchev–Trinajstić information content (AvgIpc) is 2.78. The fourth-order valence-corrected chi connectivity index (χ4v) is 3.75. The Balaban J connectivity index is 2.20. The minimum Gasteiger partial charge on any atom is -0.382 e. The maximum absolute atomic E-state index is 13.1. The highest BCUT2D eigenvalue weighted by atomic mass is 35.5. The summed E-state index contributed by atoms with van der Waals surface area (Å²) in [5.41, 5.74) is 7.33. The molecule has 0 aromatic heterocycles. The molecular weight excluding hydrogens is 506 g/mol. The van der Waals surface area contributed by atoms with Crippen molar-refractivity contribution in [1.29, 1.82) is 0 Å². The quantitative estimate of drug-likeness (QED) is 0.374. The van der Waals surface area contributed by atoms with Crippen LogP contribution in [0.2, 0.25) is 10.0 Å². The summed E-state index contributed by atoms with van der Waals surface area (Å²) in [6, 6.07) is 9.52. The number of carbonyl (C=O) groups excluding carboxylic acids is 2. The van der Waals surface area contributed by atoms with Gasteiger partial charge >= 0.3 is 6.18 Å². The third kappa shape index (κ3) is 8.68. The molecule has 0 radical (unpaired) electrons. The van der Waals surface area contributed by atoms with Gasteiger partial charge in [0.25, 0.3) is 0 Å². The molecule has 0 aliphatic heterocycles. The third-order valence-corrected chi connectivity index (χ3v) is 6.13. The van der Waals surface area contributed by atoms with Gasteiger partial charge in [-0.25, -0.2) is 0 Å². The van der Waals surface area contributed by atoms with E-state index in [0.29, 0.717) is 21.2 Å². The van der Waals surface area contributed by atoms with Crippen molar-refractivity contribution in [2.45, 2.75) is 57.1 Å². The van der Waals surface area contributed by atoms with Crippen LogP contribution >= 0.6 is 23.2 Å². The zero-order chi connectivity index (χ0) is 26.3. The summed E-state index contributed by atoms with van der Waals surface area (Å²) in [6.45, 7) is 2.88. The van der Waals surface area contributed by atoms with E-state index in [4.69, 9.17) is 28.9 Å². The van der Waals surface area contributed by atoms with Crippen LogP contribution in [-0.4, -0.2) is 47.3 Å². The van der Waals surface area contributed by atoms with Crippen LogP contribution in [0, 0.1) is 5.92 Å². The third-order valence-electron chi connectivity index (χ3n) is 5.39. The molecule has 192 valence electrons. The van der Waals surface area contributed by atoms with E-state index in [1.54, 1.807) is 48.5 Å². The minimum absolute atomic E-state index is 0.00480. The fraction of sp³-hybridized carbons (Fsp3) is 0.417. The molecule has 0 aliphatic carbocycles. The Morgan fingerprint density at radius 2 is 1.57 bits per heavy atom. The molecule has 0 fully saturated rings. The number of aliphatic hydroxyl groups excluding tert-OH is 1. The first kappa shape index (κ1) is 28.9. The first-order valence-electron chi connectivity index (χ1n) is 10.9. The summed E-state index contributed by atoms with van der Waals surface area (Å²) in [5, 5.41) is 15.2. The lowest BCUT2D eigenvalue weighted by Crippen LogP contribution is -2.59. The van der Waals surface area contributed by atoms with Crippen molar-refractivity contribution in [3.8, 4) is 0 Å². The maximum Gasteiger partial charge on any atom is 0.416 e. The zero-order valence-electron chi connectivity index (χ0n) is 19.2. The fourth-order valence-electron chi connectivity index (χ4n) is 3.43. The largest absolute Gasteiger partial charge is 0.416 e. The summed E-state index contributed by atoms with van der Waals surface area (Å²) in [5.74, 6) is -2.28. The molecule has 0 heterocycles. The molecule has 2 aromatic rings. The van der Waals surface area contributed by atoms with Crippen LogP contribution in [0.4, 0.5) is 13.2 Å². The lowest BCUT2D eigenvalue weighted by molar-refractivity contribution is -0.215. The first-order chi connectivity index (χ1) is 16.3. The van der Waals surface area contributed by atoms with Crippen molar-refractivity contribution in [2.75, 3.05) is 0 Å². The number of nitrogens with one attached hydrogen (secondary N) is 2. The predicted molar refractivity (Wildman–Crippen MR) is 129 cm³/mol. The van der Waals surface area contributed by atoms with E-state index in [-0.39, 0.29) is 12.8 Å². The maximum atomic E-state index is 13.1. The lowest BCUT2D eigenvalue weighted by Gasteiger charge is -2.31. The van der Waals surface area contributed by atoms with Crippen molar-refractivity contribution in [2.24, 2.45) is 11.7 Å². The number of hydrogen-bond donors (Lipinski definition) is 4. The Morgan fingerprint density at radius 1 is 0.943 bits per heavy atom. The number of nitrogens with two attached hydrogens (primary N) is 1. The average molecular weight is 534 g/mol. The highest BCUT2D eigenvalue weighted by Crippen LogP contribution is 2.26. The Kier molecular flexibility index (Phi) is 10.4. The molecule has 0 spiro atoms. The molecule has 5 N–H and O–H groups in total. The molecule has 0 aliphatic rings. The molecule has 2 aromatic carbocycles. The van der Waals surface area contributed by atoms with Crippen LogP contribution in [0.5, 0.6) is 0 Å². The topological polar surface area (TPSA) is 104 Å². The van der Waals surface area contributed by atoms with Gasteiger partial charge in [-0.05, 0) is 35.6 Å². The van der Waals surface area contributed by atoms with Gasteiger partial charge in [-0.3, -0.25) is 9.59 Å². The molecule has 6 nitrogen and oxygen atoms in total. The number of amides is 2. The highest BCUT2D eigenvalue weighted by molar-refractivity contribution is 6.42. The Bertz CT molecular complexity index is 1010. The van der Waals surface area contributed by atoms with E-state index in [2.05, 4.69) is 10.6 Å². The molecule has 11 heteroatoms. The molecule has 4 atom stereocenters. The minimum atomic E-state index is -4.93. The van der Waals surface area contributed by atoms with Gasteiger partial charge in [0.15, 0.2) is 6.10 Å². The molecule has 2 amide bonds. The number of alkyl halides is 3. The summed E-state index contributed by atoms with van der Waals surface area (Å²) in [4.78, 5) is 25.8. The van der Waals surface area contributed by atoms with Crippen molar-refractivity contribution in [3.05, 3.63) is 69.7 Å². The van der Waals surface area contributed by atoms with Gasteiger partial charge in [0.2, 0.25) is 11.8 Å². The summed E-state index contributed by atoms with van der Waals surface area (Å²) >= 11 is 11.9. The molecule has 0 bridgehead atoms. The van der Waals surface area contributed by atoms with Crippen LogP contribution in [0.1, 0.15) is 25.0 Å². The van der Waals surface area contributed by atoms with E-state index in [1.165, 1.54) is 13.8 Å². The van der Waals surface area contributed by atoms with Gasteiger partial charge in [-0.15, -0.1) is 0 Å². The zero-order valence-corrected chi connectivity index (χ0v) is 20.7. The van der Waals surface area contributed by atoms with Gasteiger partial charge in [-0.1, -0.05) is 73.4 Å². The molecule has 0 saturated carbocycles. The Hall–Kier alpha value is -2.33. The molecule has 2 rings (SSSR count). The van der Waals surface area contributed by atoms with E-state index >= 15 is 0 Å². The monoisotopic (exact) mass is 533 g/mol. The Labute approximate surface area is 212 Å². The molecule has 2 unspecified atom stereocenters. The van der Waals surface area contributed by atoms with Crippen molar-refractivity contribution in [1.82, 2.24) is 10.6 Å². The second-order valence-corrected chi connectivity index (χ2v) is 9.39. The lowest BCUT2D eigenvalue weighted by atomic mass is 9.96. The standard InChI is InChI=1S/C24H28Cl2F3N3O3/c1-13(2)20(21(33)24(27,28)29)32-23(35)19(12-14-6-4-3-5-7-14)31-22(34)18(30)11-15-8-9-16(25)17(26)10-15/h3-10,13,18-21,33H,11-12,30H2,1-2H3,(H,31,34)(H,32,35)/t18?,19?,20-,21-/m0/s1.